The molecule has 0 fully saturated rings. The molecule has 0 spiro atoms. The monoisotopic (exact) mass is 864 g/mol. The number of ether oxygens (including phenoxy) is 3. The minimum Gasteiger partial charge on any atom is -0.544 e. The number of carbonyl (C=O) groups is 3. The summed E-state index contributed by atoms with van der Waals surface area (Å²) in [6.45, 7) is 4.71. The quantitative estimate of drug-likeness (QED) is 0.0260. The Morgan fingerprint density at radius 3 is 1.18 bits per heavy atom. The van der Waals surface area contributed by atoms with E-state index in [1.54, 1.807) is 0 Å². The number of hydrogen-bond acceptors (Lipinski definition) is 7. The van der Waals surface area contributed by atoms with Gasteiger partial charge >= 0.3 is 11.9 Å². The number of likely N-dealkylation sites (N-methyl/N-ethyl adjacent to an activating group) is 1. The summed E-state index contributed by atoms with van der Waals surface area (Å²) in [5, 5.41) is 11.7. The van der Waals surface area contributed by atoms with Crippen LogP contribution in [0.5, 0.6) is 0 Å². The Morgan fingerprint density at radius 2 is 0.820 bits per heavy atom. The van der Waals surface area contributed by atoms with Gasteiger partial charge in [-0.15, -0.1) is 0 Å². The normalized spacial score (nSPS) is 12.9. The van der Waals surface area contributed by atoms with Crippen LogP contribution in [-0.4, -0.2) is 75.5 Å². The zero-order valence-corrected chi connectivity index (χ0v) is 41.1. The van der Waals surface area contributed by atoms with Gasteiger partial charge in [0.1, 0.15) is 12.6 Å². The van der Waals surface area contributed by atoms with Gasteiger partial charge < -0.3 is 28.6 Å². The lowest BCUT2D eigenvalue weighted by Crippen LogP contribution is -2.55. The first-order chi connectivity index (χ1) is 29.6. The van der Waals surface area contributed by atoms with E-state index >= 15 is 0 Å². The summed E-state index contributed by atoms with van der Waals surface area (Å²) < 4.78 is 17.3. The number of carboxylic acid groups (broad SMARTS) is 1. The minimum absolute atomic E-state index is 0.0457. The average Bonchev–Trinajstić information content (AvgIpc) is 3.22. The van der Waals surface area contributed by atoms with E-state index in [0.29, 0.717) is 12.8 Å². The van der Waals surface area contributed by atoms with Crippen molar-refractivity contribution in [2.45, 2.75) is 270 Å². The van der Waals surface area contributed by atoms with Crippen LogP contribution in [0.2, 0.25) is 0 Å². The van der Waals surface area contributed by atoms with Crippen LogP contribution < -0.4 is 5.11 Å². The molecule has 0 heterocycles. The first kappa shape index (κ1) is 59.1. The summed E-state index contributed by atoms with van der Waals surface area (Å²) in [6.07, 6.45) is 49.5. The summed E-state index contributed by atoms with van der Waals surface area (Å²) in [5.74, 6) is -1.72. The first-order valence-electron chi connectivity index (χ1n) is 26.2. The van der Waals surface area contributed by atoms with Crippen LogP contribution in [0, 0.1) is 0 Å². The van der Waals surface area contributed by atoms with Gasteiger partial charge in [0, 0.05) is 19.3 Å². The van der Waals surface area contributed by atoms with E-state index in [2.05, 4.69) is 26.0 Å². The molecule has 0 aromatic carbocycles. The Hall–Kier alpha value is -1.93. The smallest absolute Gasteiger partial charge is 0.306 e. The molecule has 0 aliphatic heterocycles. The second-order valence-corrected chi connectivity index (χ2v) is 19.1. The molecule has 8 nitrogen and oxygen atoms in total. The Bertz CT molecular complexity index is 1010. The van der Waals surface area contributed by atoms with Gasteiger partial charge in [0.15, 0.2) is 6.10 Å². The van der Waals surface area contributed by atoms with E-state index in [9.17, 15) is 19.5 Å². The summed E-state index contributed by atoms with van der Waals surface area (Å²) in [4.78, 5) is 37.0. The molecule has 0 bridgehead atoms. The third-order valence-corrected chi connectivity index (χ3v) is 12.2. The molecule has 0 saturated heterocycles. The summed E-state index contributed by atoms with van der Waals surface area (Å²) in [6, 6.07) is -0.722. The molecule has 0 N–H and O–H groups in total. The molecule has 0 aliphatic rings. The number of carbonyl (C=O) groups excluding carboxylic acids is 3. The molecule has 0 amide bonds. The van der Waals surface area contributed by atoms with Crippen LogP contribution in [0.15, 0.2) is 12.2 Å². The highest BCUT2D eigenvalue weighted by Gasteiger charge is 2.25. The fourth-order valence-electron chi connectivity index (χ4n) is 8.07. The van der Waals surface area contributed by atoms with Crippen molar-refractivity contribution in [1.29, 1.82) is 0 Å². The number of allylic oxidation sites excluding steroid dienone is 2. The molecule has 0 aliphatic carbocycles. The lowest BCUT2D eigenvalue weighted by molar-refractivity contribution is -0.889. The van der Waals surface area contributed by atoms with Crippen LogP contribution in [-0.2, 0) is 28.6 Å². The van der Waals surface area contributed by atoms with E-state index in [4.69, 9.17) is 14.2 Å². The van der Waals surface area contributed by atoms with Crippen molar-refractivity contribution < 1.29 is 38.2 Å². The van der Waals surface area contributed by atoms with Gasteiger partial charge in [-0.25, -0.2) is 0 Å². The maximum Gasteiger partial charge on any atom is 0.306 e. The van der Waals surface area contributed by atoms with E-state index in [1.807, 2.05) is 21.1 Å². The van der Waals surface area contributed by atoms with Crippen molar-refractivity contribution in [2.75, 3.05) is 41.0 Å². The number of esters is 2. The van der Waals surface area contributed by atoms with Gasteiger partial charge in [-0.05, 0) is 38.5 Å². The van der Waals surface area contributed by atoms with Gasteiger partial charge in [-0.2, -0.15) is 0 Å². The number of aliphatic carboxylic acids is 1. The van der Waals surface area contributed by atoms with Crippen molar-refractivity contribution in [3.63, 3.8) is 0 Å². The molecule has 61 heavy (non-hydrogen) atoms. The van der Waals surface area contributed by atoms with Crippen molar-refractivity contribution in [3.05, 3.63) is 12.2 Å². The van der Waals surface area contributed by atoms with Crippen molar-refractivity contribution in [3.8, 4) is 0 Å². The van der Waals surface area contributed by atoms with Crippen molar-refractivity contribution >= 4 is 17.9 Å². The maximum absolute atomic E-state index is 12.8. The molecule has 0 saturated carbocycles. The molecule has 0 aromatic heterocycles. The third kappa shape index (κ3) is 43.1. The largest absolute Gasteiger partial charge is 0.544 e. The number of nitrogens with zero attached hydrogens (tertiary/aromatic N) is 1. The molecule has 0 rings (SSSR count). The van der Waals surface area contributed by atoms with Gasteiger partial charge in [0.25, 0.3) is 0 Å². The van der Waals surface area contributed by atoms with Gasteiger partial charge in [0.2, 0.25) is 0 Å². The molecule has 2 atom stereocenters. The van der Waals surface area contributed by atoms with E-state index in [0.717, 1.165) is 38.5 Å². The predicted molar refractivity (Wildman–Crippen MR) is 254 cm³/mol. The van der Waals surface area contributed by atoms with Crippen LogP contribution in [0.25, 0.3) is 0 Å². The standard InChI is InChI=1S/C53H101NO7/c1-6-8-10-12-14-16-18-20-22-24-25-26-27-28-30-31-33-35-37-39-41-43-51(55)60-48-49(47-59-46-45-50(53(57)58)54(3,4)5)61-52(56)44-42-40-38-36-34-32-29-23-21-19-17-15-13-11-9-7-2/h26-27,49-50H,6-25,28-48H2,1-5H3/b27-26+. The number of hydrogen-bond donors (Lipinski definition) is 0. The SMILES string of the molecule is CCCCCCCCCCCC/C=C/CCCCCCCCCC(=O)OCC(COCCC(C(=O)[O-])[N+](C)(C)C)OC(=O)CCCCCCCCCCCCCCCCCC. The highest BCUT2D eigenvalue weighted by atomic mass is 16.6. The zero-order chi connectivity index (χ0) is 44.9. The summed E-state index contributed by atoms with van der Waals surface area (Å²) in [7, 11) is 5.43. The summed E-state index contributed by atoms with van der Waals surface area (Å²) in [5.41, 5.74) is 0. The molecule has 360 valence electrons. The highest BCUT2D eigenvalue weighted by molar-refractivity contribution is 5.70. The second-order valence-electron chi connectivity index (χ2n) is 19.1. The van der Waals surface area contributed by atoms with Gasteiger partial charge in [-0.3, -0.25) is 9.59 Å². The Kier molecular flexibility index (Phi) is 43.3. The average molecular weight is 864 g/mol. The van der Waals surface area contributed by atoms with Crippen LogP contribution >= 0.6 is 0 Å². The Labute approximate surface area is 378 Å². The Balaban J connectivity index is 4.19. The molecular weight excluding hydrogens is 763 g/mol. The minimum atomic E-state index is -1.12. The molecular formula is C53H101NO7. The van der Waals surface area contributed by atoms with Gasteiger partial charge in [0.05, 0.1) is 40.3 Å². The number of quaternary nitrogens is 1. The predicted octanol–water partition coefficient (Wildman–Crippen LogP) is 13.7. The van der Waals surface area contributed by atoms with Gasteiger partial charge in [-0.1, -0.05) is 212 Å². The lowest BCUT2D eigenvalue weighted by Gasteiger charge is -2.34. The Morgan fingerprint density at radius 1 is 0.475 bits per heavy atom. The molecule has 2 unspecified atom stereocenters. The van der Waals surface area contributed by atoms with Crippen LogP contribution in [0.1, 0.15) is 258 Å². The number of carboxylic acids is 1. The fraction of sp³-hybridized carbons (Fsp3) is 0.906. The van der Waals surface area contributed by atoms with Crippen LogP contribution in [0.4, 0.5) is 0 Å². The fourth-order valence-corrected chi connectivity index (χ4v) is 8.07. The van der Waals surface area contributed by atoms with E-state index in [1.165, 1.54) is 186 Å². The summed E-state index contributed by atoms with van der Waals surface area (Å²) >= 11 is 0. The second kappa shape index (κ2) is 44.7. The number of unbranched alkanes of at least 4 members (excludes halogenated alkanes) is 32. The highest BCUT2D eigenvalue weighted by Crippen LogP contribution is 2.16. The maximum atomic E-state index is 12.8. The topological polar surface area (TPSA) is 102 Å². The number of rotatable bonds is 48. The van der Waals surface area contributed by atoms with Crippen LogP contribution in [0.3, 0.4) is 0 Å². The third-order valence-electron chi connectivity index (χ3n) is 12.2. The first-order valence-corrected chi connectivity index (χ1v) is 26.2. The van der Waals surface area contributed by atoms with E-state index < -0.39 is 18.1 Å². The van der Waals surface area contributed by atoms with Crippen molar-refractivity contribution in [1.82, 2.24) is 0 Å². The molecule has 0 radical (unpaired) electrons. The molecule has 8 heteroatoms. The molecule has 0 aromatic rings. The van der Waals surface area contributed by atoms with Crippen molar-refractivity contribution in [2.24, 2.45) is 0 Å². The lowest BCUT2D eigenvalue weighted by atomic mass is 10.0. The zero-order valence-electron chi connectivity index (χ0n) is 41.1. The van der Waals surface area contributed by atoms with E-state index in [-0.39, 0.29) is 42.7 Å².